The van der Waals surface area contributed by atoms with Gasteiger partial charge in [0.05, 0.1) is 5.54 Å². The largest absolute Gasteiger partial charge is 0.268 e. The monoisotopic (exact) mass is 148 g/mol. The summed E-state index contributed by atoms with van der Waals surface area (Å²) >= 11 is 0. The fraction of sp³-hybridized carbons (Fsp3) is 0.625. The lowest BCUT2D eigenvalue weighted by atomic mass is 10.0. The van der Waals surface area contributed by atoms with Gasteiger partial charge in [-0.15, -0.1) is 0 Å². The minimum absolute atomic E-state index is 0.0301. The summed E-state index contributed by atoms with van der Waals surface area (Å²) < 4.78 is 1.89. The van der Waals surface area contributed by atoms with Crippen LogP contribution in [0, 0.1) is 6.92 Å². The first kappa shape index (κ1) is 8.37. The van der Waals surface area contributed by atoms with Crippen molar-refractivity contribution in [2.24, 2.45) is 0 Å². The van der Waals surface area contributed by atoms with Crippen molar-refractivity contribution in [3.8, 4) is 0 Å². The minimum atomic E-state index is 0.0301. The van der Waals surface area contributed by atoms with E-state index in [0.717, 1.165) is 5.56 Å². The molecule has 0 saturated carbocycles. The van der Waals surface area contributed by atoms with Gasteiger partial charge in [-0.2, -0.15) is 5.10 Å². The maximum absolute atomic E-state index is 5.61. The minimum Gasteiger partial charge on any atom is -0.268 e. The molecule has 58 valence electrons. The topological polar surface area (TPSA) is 17.8 Å². The predicted octanol–water partition coefficient (Wildman–Crippen LogP) is 0.740. The van der Waals surface area contributed by atoms with E-state index < -0.39 is 0 Å². The Labute approximate surface area is 69.0 Å². The van der Waals surface area contributed by atoms with Crippen LogP contribution in [0.5, 0.6) is 0 Å². The Morgan fingerprint density at radius 1 is 1.45 bits per heavy atom. The molecule has 3 heteroatoms. The molecule has 1 heterocycles. The molecule has 0 amide bonds. The van der Waals surface area contributed by atoms with Crippen molar-refractivity contribution in [3.05, 3.63) is 11.8 Å². The first-order valence-electron chi connectivity index (χ1n) is 3.73. The molecular formula is C8H13BN2. The highest BCUT2D eigenvalue weighted by atomic mass is 15.3. The molecule has 1 aromatic heterocycles. The highest BCUT2D eigenvalue weighted by Crippen LogP contribution is 2.11. The highest BCUT2D eigenvalue weighted by Gasteiger charge is 2.13. The van der Waals surface area contributed by atoms with Crippen LogP contribution in [0.4, 0.5) is 0 Å². The zero-order chi connectivity index (χ0) is 8.65. The first-order valence-corrected chi connectivity index (χ1v) is 3.73. The average Bonchev–Trinajstić information content (AvgIpc) is 2.11. The number of aryl methyl sites for hydroxylation is 1. The van der Waals surface area contributed by atoms with Crippen LogP contribution in [0.3, 0.4) is 0 Å². The third-order valence-corrected chi connectivity index (χ3v) is 1.62. The Balaban J connectivity index is 3.08. The van der Waals surface area contributed by atoms with Crippen LogP contribution in [0.25, 0.3) is 0 Å². The lowest BCUT2D eigenvalue weighted by molar-refractivity contribution is 0.357. The van der Waals surface area contributed by atoms with Crippen molar-refractivity contribution in [2.75, 3.05) is 0 Å². The molecule has 2 radical (unpaired) electrons. The van der Waals surface area contributed by atoms with Gasteiger partial charge in [0.2, 0.25) is 0 Å². The van der Waals surface area contributed by atoms with Gasteiger partial charge in [0, 0.05) is 11.8 Å². The van der Waals surface area contributed by atoms with Crippen molar-refractivity contribution in [3.63, 3.8) is 0 Å². The molecule has 2 nitrogen and oxygen atoms in total. The number of aromatic nitrogens is 2. The second-order valence-corrected chi connectivity index (χ2v) is 3.81. The van der Waals surface area contributed by atoms with Crippen molar-refractivity contribution < 1.29 is 0 Å². The normalized spacial score (nSPS) is 12.0. The van der Waals surface area contributed by atoms with E-state index in [4.69, 9.17) is 7.85 Å². The molecule has 0 aliphatic rings. The molecule has 0 aliphatic carbocycles. The molecular weight excluding hydrogens is 135 g/mol. The number of hydrogen-bond donors (Lipinski definition) is 0. The van der Waals surface area contributed by atoms with Crippen LogP contribution < -0.4 is 5.59 Å². The van der Waals surface area contributed by atoms with Crippen LogP contribution in [-0.2, 0) is 5.54 Å². The fourth-order valence-corrected chi connectivity index (χ4v) is 0.817. The van der Waals surface area contributed by atoms with Crippen molar-refractivity contribution in [1.82, 2.24) is 9.78 Å². The number of nitrogens with zero attached hydrogens (tertiary/aromatic N) is 2. The van der Waals surface area contributed by atoms with Gasteiger partial charge in [-0.05, 0) is 33.3 Å². The molecule has 11 heavy (non-hydrogen) atoms. The van der Waals surface area contributed by atoms with Gasteiger partial charge >= 0.3 is 0 Å². The van der Waals surface area contributed by atoms with E-state index in [1.807, 2.05) is 17.8 Å². The maximum atomic E-state index is 5.61. The SMILES string of the molecule is [B]c1nn(C(C)(C)C)cc1C. The lowest BCUT2D eigenvalue weighted by Gasteiger charge is -2.18. The Bertz CT molecular complexity index is 238. The van der Waals surface area contributed by atoms with E-state index in [1.54, 1.807) is 0 Å². The molecule has 1 aromatic rings. The van der Waals surface area contributed by atoms with Gasteiger partial charge in [-0.1, -0.05) is 0 Å². The summed E-state index contributed by atoms with van der Waals surface area (Å²) in [5, 5.41) is 4.18. The van der Waals surface area contributed by atoms with Crippen LogP contribution in [-0.4, -0.2) is 17.6 Å². The van der Waals surface area contributed by atoms with Crippen molar-refractivity contribution in [2.45, 2.75) is 33.2 Å². The highest BCUT2D eigenvalue weighted by molar-refractivity contribution is 6.31. The van der Waals surface area contributed by atoms with Crippen LogP contribution in [0.15, 0.2) is 6.20 Å². The molecule has 1 rings (SSSR count). The van der Waals surface area contributed by atoms with Crippen LogP contribution in [0.1, 0.15) is 26.3 Å². The summed E-state index contributed by atoms with van der Waals surface area (Å²) in [6, 6.07) is 0. The summed E-state index contributed by atoms with van der Waals surface area (Å²) in [7, 11) is 5.61. The molecule has 0 unspecified atom stereocenters. The van der Waals surface area contributed by atoms with E-state index in [9.17, 15) is 0 Å². The van der Waals surface area contributed by atoms with Crippen molar-refractivity contribution >= 4 is 13.4 Å². The van der Waals surface area contributed by atoms with Crippen molar-refractivity contribution in [1.29, 1.82) is 0 Å². The van der Waals surface area contributed by atoms with Crippen LogP contribution in [0.2, 0.25) is 0 Å². The molecule has 0 N–H and O–H groups in total. The molecule has 0 bridgehead atoms. The third kappa shape index (κ3) is 1.64. The Morgan fingerprint density at radius 3 is 2.18 bits per heavy atom. The van der Waals surface area contributed by atoms with Gasteiger partial charge < -0.3 is 0 Å². The molecule has 0 saturated heterocycles. The van der Waals surface area contributed by atoms with Gasteiger partial charge in [-0.25, -0.2) is 0 Å². The first-order chi connectivity index (χ1) is 4.91. The molecule has 0 fully saturated rings. The van der Waals surface area contributed by atoms with E-state index >= 15 is 0 Å². The number of hydrogen-bond acceptors (Lipinski definition) is 1. The molecule has 0 spiro atoms. The molecule has 0 atom stereocenters. The second-order valence-electron chi connectivity index (χ2n) is 3.81. The van der Waals surface area contributed by atoms with Crippen LogP contribution >= 0.6 is 0 Å². The van der Waals surface area contributed by atoms with E-state index in [-0.39, 0.29) is 5.54 Å². The van der Waals surface area contributed by atoms with E-state index in [0.29, 0.717) is 5.59 Å². The summed E-state index contributed by atoms with van der Waals surface area (Å²) in [5.74, 6) is 0. The second kappa shape index (κ2) is 2.40. The lowest BCUT2D eigenvalue weighted by Crippen LogP contribution is -2.24. The van der Waals surface area contributed by atoms with E-state index in [1.165, 1.54) is 0 Å². The van der Waals surface area contributed by atoms with Gasteiger partial charge in [0.25, 0.3) is 0 Å². The number of rotatable bonds is 0. The Hall–Kier alpha value is -0.725. The smallest absolute Gasteiger partial charge is 0.144 e. The summed E-state index contributed by atoms with van der Waals surface area (Å²) in [5.41, 5.74) is 1.70. The summed E-state index contributed by atoms with van der Waals surface area (Å²) in [6.07, 6.45) is 1.97. The van der Waals surface area contributed by atoms with Gasteiger partial charge in [0.15, 0.2) is 0 Å². The zero-order valence-corrected chi connectivity index (χ0v) is 7.55. The standard InChI is InChI=1S/C8H13BN2/c1-6-5-11(8(2,3)4)10-7(6)9/h5H,1-4H3. The zero-order valence-electron chi connectivity index (χ0n) is 7.55. The molecule has 0 aromatic carbocycles. The Kier molecular flexibility index (Phi) is 1.82. The van der Waals surface area contributed by atoms with Gasteiger partial charge in [-0.3, -0.25) is 4.68 Å². The summed E-state index contributed by atoms with van der Waals surface area (Å²) in [4.78, 5) is 0. The molecule has 0 aliphatic heterocycles. The van der Waals surface area contributed by atoms with E-state index in [2.05, 4.69) is 25.9 Å². The fourth-order valence-electron chi connectivity index (χ4n) is 0.817. The third-order valence-electron chi connectivity index (χ3n) is 1.62. The summed E-state index contributed by atoms with van der Waals surface area (Å²) in [6.45, 7) is 8.25. The van der Waals surface area contributed by atoms with Gasteiger partial charge in [0.1, 0.15) is 7.85 Å². The quantitative estimate of drug-likeness (QED) is 0.496. The predicted molar refractivity (Wildman–Crippen MR) is 47.3 cm³/mol. The maximum Gasteiger partial charge on any atom is 0.144 e. The Morgan fingerprint density at radius 2 is 2.00 bits per heavy atom. The average molecular weight is 148 g/mol.